The Morgan fingerprint density at radius 2 is 2.04 bits per heavy atom. The lowest BCUT2D eigenvalue weighted by atomic mass is 9.76. The maximum atomic E-state index is 14.3. The Kier molecular flexibility index (Phi) is 4.64. The number of methoxy groups -OCH3 is 1. The third-order valence-electron chi connectivity index (χ3n) is 5.35. The highest BCUT2D eigenvalue weighted by molar-refractivity contribution is 5.87. The van der Waals surface area contributed by atoms with Gasteiger partial charge in [0.2, 0.25) is 11.8 Å². The van der Waals surface area contributed by atoms with Crippen LogP contribution in [0.15, 0.2) is 12.2 Å². The van der Waals surface area contributed by atoms with Crippen LogP contribution < -0.4 is 0 Å². The molecule has 0 saturated carbocycles. The minimum Gasteiger partial charge on any atom is -0.383 e. The summed E-state index contributed by atoms with van der Waals surface area (Å²) in [5, 5.41) is 0. The van der Waals surface area contributed by atoms with Gasteiger partial charge in [0, 0.05) is 39.1 Å². The molecular weight excluding hydrogens is 318 g/mol. The number of likely N-dealkylation sites (tertiary alicyclic amines) is 2. The van der Waals surface area contributed by atoms with Crippen molar-refractivity contribution in [3.05, 3.63) is 12.2 Å². The van der Waals surface area contributed by atoms with Gasteiger partial charge in [-0.25, -0.2) is 8.78 Å². The van der Waals surface area contributed by atoms with Gasteiger partial charge in [0.25, 0.3) is 5.92 Å². The van der Waals surface area contributed by atoms with E-state index in [9.17, 15) is 18.4 Å². The second-order valence-corrected chi connectivity index (χ2v) is 7.18. The predicted molar refractivity (Wildman–Crippen MR) is 83.5 cm³/mol. The van der Waals surface area contributed by atoms with Gasteiger partial charge in [-0.2, -0.15) is 0 Å². The van der Waals surface area contributed by atoms with Crippen LogP contribution in [0.3, 0.4) is 0 Å². The molecule has 2 fully saturated rings. The molecule has 0 aromatic carbocycles. The third-order valence-corrected chi connectivity index (χ3v) is 5.35. The van der Waals surface area contributed by atoms with Crippen molar-refractivity contribution in [2.75, 3.05) is 39.9 Å². The predicted octanol–water partition coefficient (Wildman–Crippen LogP) is 1.69. The van der Waals surface area contributed by atoms with Crippen LogP contribution in [-0.4, -0.2) is 67.4 Å². The molecule has 5 nitrogen and oxygen atoms in total. The van der Waals surface area contributed by atoms with Crippen molar-refractivity contribution in [1.29, 1.82) is 0 Å². The zero-order valence-electron chi connectivity index (χ0n) is 14.0. The topological polar surface area (TPSA) is 49.9 Å². The lowest BCUT2D eigenvalue weighted by Gasteiger charge is -2.43. The van der Waals surface area contributed by atoms with E-state index in [0.717, 1.165) is 0 Å². The Balaban J connectivity index is 1.76. The average Bonchev–Trinajstić information content (AvgIpc) is 3.14. The second-order valence-electron chi connectivity index (χ2n) is 7.18. The number of piperidine rings is 1. The van der Waals surface area contributed by atoms with Gasteiger partial charge in [-0.1, -0.05) is 12.2 Å². The summed E-state index contributed by atoms with van der Waals surface area (Å²) in [6.45, 7) is 0.776. The highest BCUT2D eigenvalue weighted by Gasteiger charge is 2.57. The number of alkyl halides is 2. The first-order chi connectivity index (χ1) is 11.4. The van der Waals surface area contributed by atoms with Gasteiger partial charge in [0.05, 0.1) is 18.6 Å². The SMILES string of the molecule is COCCN1CC[C@@]2(CN(C(=O)C3CC=CC3)CC(F)(F)C2)C1=O. The molecule has 1 atom stereocenters. The van der Waals surface area contributed by atoms with Gasteiger partial charge >= 0.3 is 0 Å². The monoisotopic (exact) mass is 342 g/mol. The molecule has 134 valence electrons. The third kappa shape index (κ3) is 3.18. The van der Waals surface area contributed by atoms with Crippen LogP contribution in [0.4, 0.5) is 8.78 Å². The number of ether oxygens (including phenoxy) is 1. The molecule has 7 heteroatoms. The highest BCUT2D eigenvalue weighted by Crippen LogP contribution is 2.46. The van der Waals surface area contributed by atoms with Crippen LogP contribution in [0.5, 0.6) is 0 Å². The number of hydrogen-bond donors (Lipinski definition) is 0. The Labute approximate surface area is 140 Å². The van der Waals surface area contributed by atoms with Crippen LogP contribution in [0.2, 0.25) is 0 Å². The number of amides is 2. The lowest BCUT2D eigenvalue weighted by molar-refractivity contribution is -0.165. The fourth-order valence-corrected chi connectivity index (χ4v) is 4.16. The number of carbonyl (C=O) groups is 2. The molecule has 2 aliphatic heterocycles. The summed E-state index contributed by atoms with van der Waals surface area (Å²) in [5.74, 6) is -3.78. The summed E-state index contributed by atoms with van der Waals surface area (Å²) in [6, 6.07) is 0. The van der Waals surface area contributed by atoms with E-state index in [1.165, 1.54) is 4.90 Å². The molecule has 3 aliphatic rings. The van der Waals surface area contributed by atoms with Gasteiger partial charge in [-0.15, -0.1) is 0 Å². The molecule has 0 N–H and O–H groups in total. The minimum atomic E-state index is -3.02. The van der Waals surface area contributed by atoms with Crippen LogP contribution >= 0.6 is 0 Å². The van der Waals surface area contributed by atoms with Gasteiger partial charge in [-0.05, 0) is 19.3 Å². The lowest BCUT2D eigenvalue weighted by Crippen LogP contribution is -2.58. The summed E-state index contributed by atoms with van der Waals surface area (Å²) in [7, 11) is 1.54. The zero-order chi connectivity index (χ0) is 17.4. The summed E-state index contributed by atoms with van der Waals surface area (Å²) in [4.78, 5) is 28.2. The summed E-state index contributed by atoms with van der Waals surface area (Å²) < 4.78 is 33.7. The molecule has 2 saturated heterocycles. The van der Waals surface area contributed by atoms with E-state index in [-0.39, 0.29) is 24.3 Å². The first-order valence-electron chi connectivity index (χ1n) is 8.47. The Morgan fingerprint density at radius 1 is 1.33 bits per heavy atom. The number of rotatable bonds is 4. The first kappa shape index (κ1) is 17.3. The van der Waals surface area contributed by atoms with E-state index in [1.807, 2.05) is 12.2 Å². The second kappa shape index (κ2) is 6.43. The quantitative estimate of drug-likeness (QED) is 0.731. The normalized spacial score (nSPS) is 29.9. The van der Waals surface area contributed by atoms with Crippen molar-refractivity contribution in [3.8, 4) is 0 Å². The number of allylic oxidation sites excluding steroid dienone is 2. The number of halogens is 2. The number of hydrogen-bond acceptors (Lipinski definition) is 3. The summed E-state index contributed by atoms with van der Waals surface area (Å²) >= 11 is 0. The van der Waals surface area contributed by atoms with Gasteiger partial charge < -0.3 is 14.5 Å². The molecule has 1 spiro atoms. The van der Waals surface area contributed by atoms with Gasteiger partial charge in [0.1, 0.15) is 0 Å². The van der Waals surface area contributed by atoms with Crippen LogP contribution in [0.1, 0.15) is 25.7 Å². The Morgan fingerprint density at radius 3 is 2.71 bits per heavy atom. The van der Waals surface area contributed by atoms with Crippen molar-refractivity contribution in [2.45, 2.75) is 31.6 Å². The highest BCUT2D eigenvalue weighted by atomic mass is 19.3. The Hall–Kier alpha value is -1.50. The molecule has 0 bridgehead atoms. The fraction of sp³-hybridized carbons (Fsp3) is 0.765. The first-order valence-corrected chi connectivity index (χ1v) is 8.47. The Bertz CT molecular complexity index is 544. The maximum absolute atomic E-state index is 14.3. The number of carbonyl (C=O) groups excluding carboxylic acids is 2. The van der Waals surface area contributed by atoms with E-state index < -0.39 is 24.3 Å². The van der Waals surface area contributed by atoms with E-state index in [0.29, 0.717) is 39.0 Å². The number of nitrogens with zero attached hydrogens (tertiary/aromatic N) is 2. The molecule has 2 heterocycles. The molecule has 2 amide bonds. The van der Waals surface area contributed by atoms with Crippen LogP contribution in [0.25, 0.3) is 0 Å². The molecule has 1 aliphatic carbocycles. The molecule has 0 aromatic rings. The van der Waals surface area contributed by atoms with E-state index in [1.54, 1.807) is 12.0 Å². The van der Waals surface area contributed by atoms with Crippen molar-refractivity contribution >= 4 is 11.8 Å². The van der Waals surface area contributed by atoms with Crippen molar-refractivity contribution in [1.82, 2.24) is 9.80 Å². The molecule has 0 unspecified atom stereocenters. The fourth-order valence-electron chi connectivity index (χ4n) is 4.16. The molecule has 3 rings (SSSR count). The smallest absolute Gasteiger partial charge is 0.266 e. The molecule has 24 heavy (non-hydrogen) atoms. The molecule has 0 radical (unpaired) electrons. The maximum Gasteiger partial charge on any atom is 0.266 e. The minimum absolute atomic E-state index is 0.111. The summed E-state index contributed by atoms with van der Waals surface area (Å²) in [6.07, 6.45) is 4.93. The molecular formula is C17H24F2N2O3. The van der Waals surface area contributed by atoms with E-state index >= 15 is 0 Å². The van der Waals surface area contributed by atoms with Crippen LogP contribution in [-0.2, 0) is 14.3 Å². The van der Waals surface area contributed by atoms with Crippen molar-refractivity contribution < 1.29 is 23.1 Å². The summed E-state index contributed by atoms with van der Waals surface area (Å²) in [5.41, 5.74) is -1.14. The zero-order valence-corrected chi connectivity index (χ0v) is 14.0. The standard InChI is InChI=1S/C17H24F2N2O3/c1-24-9-8-20-7-6-16(15(20)23)10-17(18,19)12-21(11-16)14(22)13-4-2-3-5-13/h2-3,13H,4-12H2,1H3/t16-/m1/s1. The van der Waals surface area contributed by atoms with Crippen molar-refractivity contribution in [3.63, 3.8) is 0 Å². The van der Waals surface area contributed by atoms with Gasteiger partial charge in [0.15, 0.2) is 0 Å². The average molecular weight is 342 g/mol. The van der Waals surface area contributed by atoms with E-state index in [2.05, 4.69) is 0 Å². The van der Waals surface area contributed by atoms with E-state index in [4.69, 9.17) is 4.74 Å². The van der Waals surface area contributed by atoms with Crippen molar-refractivity contribution in [2.24, 2.45) is 11.3 Å². The van der Waals surface area contributed by atoms with Crippen LogP contribution in [0, 0.1) is 11.3 Å². The van der Waals surface area contributed by atoms with Gasteiger partial charge in [-0.3, -0.25) is 9.59 Å². The largest absolute Gasteiger partial charge is 0.383 e. The molecule has 0 aromatic heterocycles.